The molecule has 1 aliphatic heterocycles. The smallest absolute Gasteiger partial charge is 0.322 e. The fourth-order valence-electron chi connectivity index (χ4n) is 4.00. The molecule has 1 aromatic carbocycles. The maximum absolute atomic E-state index is 13.3. The first-order chi connectivity index (χ1) is 15.7. The number of amides is 1. The lowest BCUT2D eigenvalue weighted by Crippen LogP contribution is -2.40. The van der Waals surface area contributed by atoms with Crippen molar-refractivity contribution in [3.05, 3.63) is 48.3 Å². The number of carbonyl (C=O) groups is 1. The molecule has 2 aromatic heterocycles. The minimum atomic E-state index is -1.96. The van der Waals surface area contributed by atoms with Crippen LogP contribution in [-0.2, 0) is 28.8 Å². The van der Waals surface area contributed by atoms with E-state index in [1.54, 1.807) is 28.9 Å². The molecular formula is C22H24FN5O4S. The molecule has 1 N–H and O–H groups in total. The zero-order valence-electron chi connectivity index (χ0n) is 18.4. The summed E-state index contributed by atoms with van der Waals surface area (Å²) in [6, 6.07) is 3.74. The maximum Gasteiger partial charge on any atom is 0.322 e. The number of anilines is 1. The van der Waals surface area contributed by atoms with E-state index in [2.05, 4.69) is 15.1 Å². The molecule has 0 spiro atoms. The van der Waals surface area contributed by atoms with Gasteiger partial charge in [-0.15, -0.1) is 0 Å². The third-order valence-corrected chi connectivity index (χ3v) is 6.45. The van der Waals surface area contributed by atoms with Crippen molar-refractivity contribution < 1.29 is 22.7 Å². The Kier molecular flexibility index (Phi) is 6.52. The first-order valence-electron chi connectivity index (χ1n) is 10.5. The second-order valence-electron chi connectivity index (χ2n) is 8.04. The van der Waals surface area contributed by atoms with Crippen LogP contribution < -0.4 is 9.64 Å². The maximum atomic E-state index is 13.3. The van der Waals surface area contributed by atoms with Gasteiger partial charge in [-0.3, -0.25) is 9.48 Å². The van der Waals surface area contributed by atoms with Crippen LogP contribution in [0.15, 0.2) is 36.9 Å². The normalized spacial score (nSPS) is 17.4. The molecule has 0 saturated carbocycles. The molecule has 11 heteroatoms. The molecule has 9 nitrogen and oxygen atoms in total. The van der Waals surface area contributed by atoms with E-state index in [1.807, 2.05) is 19.1 Å². The van der Waals surface area contributed by atoms with Crippen molar-refractivity contribution in [1.29, 1.82) is 0 Å². The molecule has 0 aliphatic carbocycles. The molecule has 1 aliphatic rings. The molecule has 3 atom stereocenters. The molecule has 0 fully saturated rings. The van der Waals surface area contributed by atoms with Crippen molar-refractivity contribution in [2.75, 3.05) is 4.90 Å². The number of ether oxygens (including phenoxy) is 1. The zero-order valence-corrected chi connectivity index (χ0v) is 19.3. The third kappa shape index (κ3) is 4.79. The van der Waals surface area contributed by atoms with Gasteiger partial charge in [-0.2, -0.15) is 5.10 Å². The fraction of sp³-hybridized carbons (Fsp3) is 0.364. The minimum Gasteiger partial charge on any atom is -0.423 e. The lowest BCUT2D eigenvalue weighted by Gasteiger charge is -2.35. The summed E-state index contributed by atoms with van der Waals surface area (Å²) in [6.07, 6.45) is 6.86. The summed E-state index contributed by atoms with van der Waals surface area (Å²) in [5.74, 6) is -0.180. The summed E-state index contributed by atoms with van der Waals surface area (Å²) in [5, 5.41) is 3.82. The predicted octanol–water partition coefficient (Wildman–Crippen LogP) is 3.57. The highest BCUT2D eigenvalue weighted by atomic mass is 32.2. The number of hydrogen-bond acceptors (Lipinski definition) is 6. The van der Waals surface area contributed by atoms with Gasteiger partial charge in [0.2, 0.25) is 5.91 Å². The first kappa shape index (κ1) is 23.0. The Balaban J connectivity index is 1.80. The van der Waals surface area contributed by atoms with E-state index in [0.717, 1.165) is 35.6 Å². The van der Waals surface area contributed by atoms with Crippen molar-refractivity contribution in [1.82, 2.24) is 19.7 Å². The number of hydrogen-bond donors (Lipinski definition) is 1. The lowest BCUT2D eigenvalue weighted by atomic mass is 9.92. The van der Waals surface area contributed by atoms with E-state index in [-0.39, 0.29) is 24.5 Å². The Morgan fingerprint density at radius 2 is 2.06 bits per heavy atom. The van der Waals surface area contributed by atoms with Gasteiger partial charge in [0.25, 0.3) is 0 Å². The molecule has 4 rings (SSSR count). The van der Waals surface area contributed by atoms with Gasteiger partial charge in [-0.1, -0.05) is 0 Å². The van der Waals surface area contributed by atoms with Crippen molar-refractivity contribution >= 4 is 22.7 Å². The number of nitrogens with zero attached hydrogens (tertiary/aromatic N) is 5. The number of aromatic nitrogens is 4. The van der Waals surface area contributed by atoms with Crippen LogP contribution in [0.2, 0.25) is 0 Å². The van der Waals surface area contributed by atoms with Crippen LogP contribution in [0.25, 0.3) is 11.1 Å². The highest BCUT2D eigenvalue weighted by Gasteiger charge is 2.30. The minimum absolute atomic E-state index is 0.0178. The Bertz CT molecular complexity index is 1200. The van der Waals surface area contributed by atoms with E-state index >= 15 is 0 Å². The quantitative estimate of drug-likeness (QED) is 0.545. The number of carbonyl (C=O) groups excluding carboxylic acids is 1. The monoisotopic (exact) mass is 473 g/mol. The van der Waals surface area contributed by atoms with Crippen molar-refractivity contribution in [3.8, 4) is 22.9 Å². The summed E-state index contributed by atoms with van der Waals surface area (Å²) >= 11 is -1.96. The Morgan fingerprint density at radius 3 is 2.73 bits per heavy atom. The summed E-state index contributed by atoms with van der Waals surface area (Å²) in [7, 11) is 0. The topological polar surface area (TPSA) is 110 Å². The third-order valence-electron chi connectivity index (χ3n) is 5.61. The van der Waals surface area contributed by atoms with E-state index < -0.39 is 22.1 Å². The van der Waals surface area contributed by atoms with E-state index in [1.165, 1.54) is 6.92 Å². The van der Waals surface area contributed by atoms with Gasteiger partial charge in [-0.05, 0) is 38.8 Å². The van der Waals surface area contributed by atoms with Gasteiger partial charge in [0.05, 0.1) is 36.1 Å². The summed E-state index contributed by atoms with van der Waals surface area (Å²) < 4.78 is 41.6. The average Bonchev–Trinajstić information content (AvgIpc) is 3.23. The molecule has 1 amide bonds. The lowest BCUT2D eigenvalue weighted by molar-refractivity contribution is -0.117. The van der Waals surface area contributed by atoms with Crippen LogP contribution in [0.3, 0.4) is 0 Å². The van der Waals surface area contributed by atoms with Gasteiger partial charge < -0.3 is 14.2 Å². The predicted molar refractivity (Wildman–Crippen MR) is 121 cm³/mol. The number of benzene rings is 1. The van der Waals surface area contributed by atoms with Crippen LogP contribution in [-0.4, -0.2) is 45.7 Å². The Morgan fingerprint density at radius 1 is 1.33 bits per heavy atom. The summed E-state index contributed by atoms with van der Waals surface area (Å²) in [5.41, 5.74) is 2.99. The van der Waals surface area contributed by atoms with Crippen LogP contribution in [0, 0.1) is 5.82 Å². The highest BCUT2D eigenvalue weighted by Crippen LogP contribution is 2.44. The second kappa shape index (κ2) is 9.36. The van der Waals surface area contributed by atoms with E-state index in [0.29, 0.717) is 17.7 Å². The van der Waals surface area contributed by atoms with Gasteiger partial charge in [0.1, 0.15) is 5.75 Å². The number of halogens is 1. The Labute approximate surface area is 192 Å². The molecule has 0 radical (unpaired) electrons. The van der Waals surface area contributed by atoms with E-state index in [4.69, 9.17) is 4.74 Å². The zero-order chi connectivity index (χ0) is 23.7. The van der Waals surface area contributed by atoms with Crippen molar-refractivity contribution in [2.24, 2.45) is 0 Å². The number of fused-ring (bicyclic) bond motifs is 1. The standard InChI is InChI=1S/C22H24FN5O4S/c1-13-4-5-19-20(28(13)15(3)29)7-6-18(21(19)32-22-24-9-17(23)10-25-22)16-8-26-27(12-16)11-14(2)33(30)31/h6-10,12-14H,4-5,11H2,1-3H3,(H,30,31)/t13-,14?/m0/s1. The van der Waals surface area contributed by atoms with Crippen LogP contribution >= 0.6 is 0 Å². The molecule has 3 heterocycles. The van der Waals surface area contributed by atoms with Crippen LogP contribution in [0.5, 0.6) is 11.8 Å². The fourth-order valence-corrected chi connectivity index (χ4v) is 4.28. The summed E-state index contributed by atoms with van der Waals surface area (Å²) in [4.78, 5) is 21.9. The van der Waals surface area contributed by atoms with Gasteiger partial charge in [-0.25, -0.2) is 18.6 Å². The SMILES string of the molecule is CC(=O)N1c2ccc(-c3cnn(CC(C)S(=O)O)c3)c(Oc3ncc(F)cn3)c2CC[C@@H]1C. The largest absolute Gasteiger partial charge is 0.423 e. The second-order valence-corrected chi connectivity index (χ2v) is 9.40. The van der Waals surface area contributed by atoms with Crippen molar-refractivity contribution in [2.45, 2.75) is 51.4 Å². The number of rotatable bonds is 6. The summed E-state index contributed by atoms with van der Waals surface area (Å²) in [6.45, 7) is 5.45. The molecule has 174 valence electrons. The van der Waals surface area contributed by atoms with E-state index in [9.17, 15) is 17.9 Å². The van der Waals surface area contributed by atoms with Gasteiger partial charge >= 0.3 is 6.01 Å². The van der Waals surface area contributed by atoms with Crippen molar-refractivity contribution in [3.63, 3.8) is 0 Å². The molecule has 3 aromatic rings. The van der Waals surface area contributed by atoms with Crippen LogP contribution in [0.1, 0.15) is 32.8 Å². The Hall–Kier alpha value is -3.18. The molecule has 2 unspecified atom stereocenters. The van der Waals surface area contributed by atoms with Crippen LogP contribution in [0.4, 0.5) is 10.1 Å². The molecular weight excluding hydrogens is 449 g/mol. The first-order valence-corrected chi connectivity index (χ1v) is 11.6. The van der Waals surface area contributed by atoms with Gasteiger partial charge in [0.15, 0.2) is 16.9 Å². The molecule has 0 saturated heterocycles. The highest BCUT2D eigenvalue weighted by molar-refractivity contribution is 7.79. The molecule has 0 bridgehead atoms. The van der Waals surface area contributed by atoms with Gasteiger partial charge in [0, 0.05) is 35.9 Å². The average molecular weight is 474 g/mol. The molecule has 33 heavy (non-hydrogen) atoms.